The van der Waals surface area contributed by atoms with Crippen LogP contribution in [-0.2, 0) is 6.42 Å². The minimum atomic E-state index is 0.196. The van der Waals surface area contributed by atoms with Crippen molar-refractivity contribution >= 4 is 5.69 Å². The summed E-state index contributed by atoms with van der Waals surface area (Å²) in [4.78, 5) is 2.64. The number of anilines is 1. The molecule has 1 N–H and O–H groups in total. The smallest absolute Gasteiger partial charge is 0.0414 e. The van der Waals surface area contributed by atoms with E-state index in [-0.39, 0.29) is 5.54 Å². The second kappa shape index (κ2) is 6.62. The van der Waals surface area contributed by atoms with Crippen molar-refractivity contribution in [1.29, 1.82) is 0 Å². The molecule has 0 spiro atoms. The Kier molecular flexibility index (Phi) is 5.09. The van der Waals surface area contributed by atoms with Gasteiger partial charge in [-0.2, -0.15) is 0 Å². The number of aryl methyl sites for hydroxylation is 1. The van der Waals surface area contributed by atoms with Gasteiger partial charge in [0.1, 0.15) is 0 Å². The van der Waals surface area contributed by atoms with Crippen LogP contribution in [0, 0.1) is 0 Å². The highest BCUT2D eigenvalue weighted by Gasteiger charge is 2.24. The number of para-hydroxylation sites is 1. The van der Waals surface area contributed by atoms with E-state index in [9.17, 15) is 0 Å². The molecule has 0 fully saturated rings. The number of rotatable bonds is 5. The molecule has 0 aliphatic carbocycles. The minimum absolute atomic E-state index is 0.196. The fourth-order valence-electron chi connectivity index (χ4n) is 3.07. The highest BCUT2D eigenvalue weighted by Crippen LogP contribution is 2.29. The van der Waals surface area contributed by atoms with Crippen LogP contribution in [0.2, 0.25) is 0 Å². The Morgan fingerprint density at radius 2 is 2.00 bits per heavy atom. The van der Waals surface area contributed by atoms with E-state index in [0.717, 1.165) is 6.54 Å². The molecule has 0 radical (unpaired) electrons. The van der Waals surface area contributed by atoms with Gasteiger partial charge in [0, 0.05) is 30.4 Å². The summed E-state index contributed by atoms with van der Waals surface area (Å²) in [7, 11) is 0. The first-order valence-electron chi connectivity index (χ1n) is 8.11. The maximum absolute atomic E-state index is 3.69. The van der Waals surface area contributed by atoms with Crippen LogP contribution in [0.5, 0.6) is 0 Å². The third-order valence-corrected chi connectivity index (χ3v) is 4.08. The molecule has 0 saturated carbocycles. The van der Waals surface area contributed by atoms with Gasteiger partial charge in [-0.05, 0) is 51.7 Å². The van der Waals surface area contributed by atoms with Crippen molar-refractivity contribution < 1.29 is 0 Å². The molecule has 1 atom stereocenters. The average Bonchev–Trinajstić information content (AvgIpc) is 2.42. The predicted octanol–water partition coefficient (Wildman–Crippen LogP) is 4.00. The monoisotopic (exact) mass is 274 g/mol. The maximum Gasteiger partial charge on any atom is 0.0414 e. The first-order valence-corrected chi connectivity index (χ1v) is 8.11. The molecule has 0 aromatic heterocycles. The SMILES string of the molecule is CCCC(CNC(C)(C)C)N1CCCc2ccccc21. The summed E-state index contributed by atoms with van der Waals surface area (Å²) in [5.41, 5.74) is 3.19. The Morgan fingerprint density at radius 3 is 2.70 bits per heavy atom. The Morgan fingerprint density at radius 1 is 1.25 bits per heavy atom. The van der Waals surface area contributed by atoms with Crippen LogP contribution < -0.4 is 10.2 Å². The van der Waals surface area contributed by atoms with E-state index in [2.05, 4.69) is 62.2 Å². The van der Waals surface area contributed by atoms with E-state index < -0.39 is 0 Å². The van der Waals surface area contributed by atoms with E-state index >= 15 is 0 Å². The van der Waals surface area contributed by atoms with Crippen LogP contribution in [0.1, 0.15) is 52.5 Å². The van der Waals surface area contributed by atoms with Gasteiger partial charge in [-0.3, -0.25) is 0 Å². The molecule has 0 saturated heterocycles. The molecule has 2 nitrogen and oxygen atoms in total. The Hall–Kier alpha value is -1.02. The highest BCUT2D eigenvalue weighted by atomic mass is 15.2. The molecule has 0 amide bonds. The van der Waals surface area contributed by atoms with E-state index in [1.165, 1.54) is 43.5 Å². The van der Waals surface area contributed by atoms with Crippen LogP contribution in [0.4, 0.5) is 5.69 Å². The zero-order valence-electron chi connectivity index (χ0n) is 13.6. The second-order valence-corrected chi connectivity index (χ2v) is 7.00. The molecule has 1 unspecified atom stereocenters. The van der Waals surface area contributed by atoms with Gasteiger partial charge < -0.3 is 10.2 Å². The maximum atomic E-state index is 3.69. The summed E-state index contributed by atoms with van der Waals surface area (Å²) >= 11 is 0. The third-order valence-electron chi connectivity index (χ3n) is 4.08. The average molecular weight is 274 g/mol. The topological polar surface area (TPSA) is 15.3 Å². The first kappa shape index (κ1) is 15.4. The molecule has 1 aliphatic heterocycles. The zero-order valence-corrected chi connectivity index (χ0v) is 13.6. The summed E-state index contributed by atoms with van der Waals surface area (Å²) < 4.78 is 0. The van der Waals surface area contributed by atoms with Gasteiger partial charge in [-0.15, -0.1) is 0 Å². The fraction of sp³-hybridized carbons (Fsp3) is 0.667. The van der Waals surface area contributed by atoms with Crippen LogP contribution in [0.3, 0.4) is 0 Å². The lowest BCUT2D eigenvalue weighted by atomic mass is 9.98. The summed E-state index contributed by atoms with van der Waals surface area (Å²) in [6.07, 6.45) is 5.03. The van der Waals surface area contributed by atoms with Crippen molar-refractivity contribution in [2.45, 2.75) is 65.0 Å². The van der Waals surface area contributed by atoms with Crippen LogP contribution in [0.25, 0.3) is 0 Å². The number of hydrogen-bond donors (Lipinski definition) is 1. The molecular weight excluding hydrogens is 244 g/mol. The Balaban J connectivity index is 2.13. The summed E-state index contributed by atoms with van der Waals surface area (Å²) in [5, 5.41) is 3.69. The molecule has 1 aromatic carbocycles. The molecule has 112 valence electrons. The Bertz CT molecular complexity index is 420. The number of hydrogen-bond acceptors (Lipinski definition) is 2. The van der Waals surface area contributed by atoms with Gasteiger partial charge in [0.15, 0.2) is 0 Å². The van der Waals surface area contributed by atoms with E-state index in [1.54, 1.807) is 0 Å². The number of nitrogens with zero attached hydrogens (tertiary/aromatic N) is 1. The minimum Gasteiger partial charge on any atom is -0.367 e. The van der Waals surface area contributed by atoms with Gasteiger partial charge in [-0.25, -0.2) is 0 Å². The molecule has 0 bridgehead atoms. The third kappa shape index (κ3) is 3.99. The zero-order chi connectivity index (χ0) is 14.6. The van der Waals surface area contributed by atoms with Crippen LogP contribution in [0.15, 0.2) is 24.3 Å². The first-order chi connectivity index (χ1) is 9.51. The van der Waals surface area contributed by atoms with Gasteiger partial charge in [0.25, 0.3) is 0 Å². The summed E-state index contributed by atoms with van der Waals surface area (Å²) in [6.45, 7) is 11.3. The largest absolute Gasteiger partial charge is 0.367 e. The number of fused-ring (bicyclic) bond motifs is 1. The quantitative estimate of drug-likeness (QED) is 0.873. The second-order valence-electron chi connectivity index (χ2n) is 7.00. The van der Waals surface area contributed by atoms with Gasteiger partial charge >= 0.3 is 0 Å². The van der Waals surface area contributed by atoms with Crippen molar-refractivity contribution in [1.82, 2.24) is 5.32 Å². The molecule has 1 aliphatic rings. The molecule has 2 rings (SSSR count). The van der Waals surface area contributed by atoms with E-state index in [4.69, 9.17) is 0 Å². The van der Waals surface area contributed by atoms with Crippen molar-refractivity contribution in [2.24, 2.45) is 0 Å². The number of nitrogens with one attached hydrogen (secondary N) is 1. The van der Waals surface area contributed by atoms with Crippen molar-refractivity contribution in [3.63, 3.8) is 0 Å². The summed E-state index contributed by atoms with van der Waals surface area (Å²) in [6, 6.07) is 9.55. The molecule has 1 heterocycles. The Labute approximate surface area is 124 Å². The van der Waals surface area contributed by atoms with Gasteiger partial charge in [0.2, 0.25) is 0 Å². The standard InChI is InChI=1S/C18H30N2/c1-5-9-16(14-19-18(2,3)4)20-13-8-11-15-10-6-7-12-17(15)20/h6-7,10,12,16,19H,5,8-9,11,13-14H2,1-4H3. The molecule has 2 heteroatoms. The van der Waals surface area contributed by atoms with E-state index in [0.29, 0.717) is 6.04 Å². The van der Waals surface area contributed by atoms with Crippen molar-refractivity contribution in [2.75, 3.05) is 18.0 Å². The van der Waals surface area contributed by atoms with Crippen molar-refractivity contribution in [3.05, 3.63) is 29.8 Å². The molecule has 1 aromatic rings. The lowest BCUT2D eigenvalue weighted by Crippen LogP contribution is -2.49. The van der Waals surface area contributed by atoms with Crippen LogP contribution >= 0.6 is 0 Å². The lowest BCUT2D eigenvalue weighted by molar-refractivity contribution is 0.384. The van der Waals surface area contributed by atoms with Gasteiger partial charge in [-0.1, -0.05) is 31.5 Å². The molecule has 20 heavy (non-hydrogen) atoms. The lowest BCUT2D eigenvalue weighted by Gasteiger charge is -2.39. The predicted molar refractivity (Wildman–Crippen MR) is 88.6 cm³/mol. The molecular formula is C18H30N2. The summed E-state index contributed by atoms with van der Waals surface area (Å²) in [5.74, 6) is 0. The normalized spacial score (nSPS) is 16.9. The highest BCUT2D eigenvalue weighted by molar-refractivity contribution is 5.56. The van der Waals surface area contributed by atoms with Crippen molar-refractivity contribution in [3.8, 4) is 0 Å². The number of benzene rings is 1. The van der Waals surface area contributed by atoms with Crippen LogP contribution in [-0.4, -0.2) is 24.7 Å². The van der Waals surface area contributed by atoms with Gasteiger partial charge in [0.05, 0.1) is 0 Å². The fourth-order valence-corrected chi connectivity index (χ4v) is 3.07. The van der Waals surface area contributed by atoms with E-state index in [1.807, 2.05) is 0 Å².